The number of ether oxygens (including phenoxy) is 2. The fourth-order valence-electron chi connectivity index (χ4n) is 2.49. The second-order valence-corrected chi connectivity index (χ2v) is 5.78. The number of carbonyl (C=O) groups excluding carboxylic acids is 1. The highest BCUT2D eigenvalue weighted by Crippen LogP contribution is 2.20. The topological polar surface area (TPSA) is 35.5 Å². The van der Waals surface area contributed by atoms with Gasteiger partial charge in [0.25, 0.3) is 0 Å². The molecule has 0 bridgehead atoms. The largest absolute Gasteiger partial charge is 0.497 e. The first-order valence-electron chi connectivity index (χ1n) is 8.61. The van der Waals surface area contributed by atoms with Crippen molar-refractivity contribution in [1.29, 1.82) is 0 Å². The molecule has 0 fully saturated rings. The molecule has 0 aliphatic carbocycles. The third-order valence-electron chi connectivity index (χ3n) is 3.92. The van der Waals surface area contributed by atoms with Crippen molar-refractivity contribution in [2.24, 2.45) is 0 Å². The maximum atomic E-state index is 12.5. The minimum absolute atomic E-state index is 0.416. The van der Waals surface area contributed by atoms with Gasteiger partial charge in [0, 0.05) is 5.56 Å². The zero-order valence-electron chi connectivity index (χ0n) is 15.0. The molecule has 134 valence electrons. The van der Waals surface area contributed by atoms with Crippen LogP contribution in [-0.2, 0) is 4.74 Å². The molecule has 0 aliphatic rings. The number of hydrogen-bond donors (Lipinski definition) is 0. The van der Waals surface area contributed by atoms with E-state index in [9.17, 15) is 4.79 Å². The van der Waals surface area contributed by atoms with Gasteiger partial charge in [-0.25, -0.2) is 4.79 Å². The first kappa shape index (κ1) is 18.2. The molecule has 0 atom stereocenters. The Morgan fingerprint density at radius 2 is 1.41 bits per heavy atom. The third-order valence-corrected chi connectivity index (χ3v) is 3.92. The summed E-state index contributed by atoms with van der Waals surface area (Å²) in [5.41, 5.74) is 2.37. The van der Waals surface area contributed by atoms with Crippen LogP contribution in [0.3, 0.4) is 0 Å². The number of allylic oxidation sites excluding steroid dienone is 2. The van der Waals surface area contributed by atoms with Crippen LogP contribution >= 0.6 is 0 Å². The highest BCUT2D eigenvalue weighted by molar-refractivity contribution is 5.93. The number of esters is 1. The molecular weight excluding hydrogens is 336 g/mol. The van der Waals surface area contributed by atoms with Crippen molar-refractivity contribution >= 4 is 17.8 Å². The summed E-state index contributed by atoms with van der Waals surface area (Å²) >= 11 is 0. The van der Waals surface area contributed by atoms with Gasteiger partial charge in [-0.15, -0.1) is 0 Å². The second kappa shape index (κ2) is 9.20. The van der Waals surface area contributed by atoms with E-state index >= 15 is 0 Å². The quantitative estimate of drug-likeness (QED) is 0.327. The average Bonchev–Trinajstić information content (AvgIpc) is 2.74. The lowest BCUT2D eigenvalue weighted by atomic mass is 10.1. The Bertz CT molecular complexity index is 924. The van der Waals surface area contributed by atoms with Crippen molar-refractivity contribution in [2.45, 2.75) is 0 Å². The Kier molecular flexibility index (Phi) is 6.21. The average molecular weight is 356 g/mol. The van der Waals surface area contributed by atoms with Crippen molar-refractivity contribution < 1.29 is 14.3 Å². The van der Waals surface area contributed by atoms with Crippen LogP contribution in [0.25, 0.3) is 11.8 Å². The van der Waals surface area contributed by atoms with E-state index in [1.165, 1.54) is 0 Å². The van der Waals surface area contributed by atoms with Gasteiger partial charge in [-0.1, -0.05) is 72.8 Å². The molecule has 3 rings (SSSR count). The zero-order chi connectivity index (χ0) is 18.9. The minimum Gasteiger partial charge on any atom is -0.497 e. The van der Waals surface area contributed by atoms with Gasteiger partial charge < -0.3 is 9.47 Å². The highest BCUT2D eigenvalue weighted by atomic mass is 16.5. The van der Waals surface area contributed by atoms with Crippen LogP contribution in [0.5, 0.6) is 5.75 Å². The molecule has 0 unspecified atom stereocenters. The fourth-order valence-corrected chi connectivity index (χ4v) is 2.49. The number of methoxy groups -OCH3 is 1. The Balaban J connectivity index is 1.82. The molecule has 0 saturated carbocycles. The summed E-state index contributed by atoms with van der Waals surface area (Å²) in [5, 5.41) is 0. The monoisotopic (exact) mass is 356 g/mol. The van der Waals surface area contributed by atoms with Crippen LogP contribution in [0.15, 0.2) is 97.1 Å². The van der Waals surface area contributed by atoms with E-state index in [1.54, 1.807) is 37.5 Å². The smallest absolute Gasteiger partial charge is 0.343 e. The fraction of sp³-hybridized carbons (Fsp3) is 0.0417. The molecule has 0 aromatic heterocycles. The maximum Gasteiger partial charge on any atom is 0.343 e. The molecule has 3 heteroatoms. The predicted molar refractivity (Wildman–Crippen MR) is 108 cm³/mol. The van der Waals surface area contributed by atoms with E-state index < -0.39 is 5.97 Å². The van der Waals surface area contributed by atoms with Crippen LogP contribution in [0.2, 0.25) is 0 Å². The molecule has 0 radical (unpaired) electrons. The molecule has 27 heavy (non-hydrogen) atoms. The van der Waals surface area contributed by atoms with Crippen molar-refractivity contribution in [3.63, 3.8) is 0 Å². The first-order chi connectivity index (χ1) is 13.3. The standard InChI is InChI=1S/C24H20O3/c1-26-22-17-15-21(16-18-22)24(25)27-23(20-12-6-3-7-13-20)14-8-11-19-9-4-2-5-10-19/h2-18H,1H3/b11-8+,23-14+. The van der Waals surface area contributed by atoms with Gasteiger partial charge in [0.05, 0.1) is 12.7 Å². The van der Waals surface area contributed by atoms with Gasteiger partial charge in [0.1, 0.15) is 11.5 Å². The molecule has 0 amide bonds. The van der Waals surface area contributed by atoms with Gasteiger partial charge >= 0.3 is 5.97 Å². The van der Waals surface area contributed by atoms with E-state index in [-0.39, 0.29) is 0 Å². The summed E-state index contributed by atoms with van der Waals surface area (Å²) in [5.74, 6) is 0.764. The Morgan fingerprint density at radius 3 is 2.04 bits per heavy atom. The molecule has 0 aliphatic heterocycles. The van der Waals surface area contributed by atoms with Gasteiger partial charge in [-0.3, -0.25) is 0 Å². The summed E-state index contributed by atoms with van der Waals surface area (Å²) in [7, 11) is 1.59. The first-order valence-corrected chi connectivity index (χ1v) is 8.61. The van der Waals surface area contributed by atoms with E-state index in [0.717, 1.165) is 11.1 Å². The second-order valence-electron chi connectivity index (χ2n) is 5.78. The van der Waals surface area contributed by atoms with E-state index in [0.29, 0.717) is 17.1 Å². The number of rotatable bonds is 6. The van der Waals surface area contributed by atoms with E-state index in [2.05, 4.69) is 0 Å². The highest BCUT2D eigenvalue weighted by Gasteiger charge is 2.11. The van der Waals surface area contributed by atoms with Crippen LogP contribution < -0.4 is 4.74 Å². The molecule has 0 N–H and O–H groups in total. The summed E-state index contributed by atoms with van der Waals surface area (Å²) in [6.45, 7) is 0. The molecule has 3 aromatic carbocycles. The normalized spacial score (nSPS) is 11.4. The van der Waals surface area contributed by atoms with E-state index in [4.69, 9.17) is 9.47 Å². The van der Waals surface area contributed by atoms with Crippen molar-refractivity contribution in [3.05, 3.63) is 114 Å². The van der Waals surface area contributed by atoms with Crippen LogP contribution in [0.4, 0.5) is 0 Å². The molecular formula is C24H20O3. The third kappa shape index (κ3) is 5.19. The molecule has 3 aromatic rings. The summed E-state index contributed by atoms with van der Waals surface area (Å²) in [6.07, 6.45) is 5.63. The number of benzene rings is 3. The van der Waals surface area contributed by atoms with Gasteiger partial charge in [0.15, 0.2) is 0 Å². The summed E-state index contributed by atoms with van der Waals surface area (Å²) in [6, 6.07) is 26.3. The Hall–Kier alpha value is -3.59. The summed E-state index contributed by atoms with van der Waals surface area (Å²) in [4.78, 5) is 12.5. The number of carbonyl (C=O) groups is 1. The summed E-state index contributed by atoms with van der Waals surface area (Å²) < 4.78 is 10.8. The molecule has 3 nitrogen and oxygen atoms in total. The van der Waals surface area contributed by atoms with Crippen molar-refractivity contribution in [2.75, 3.05) is 7.11 Å². The van der Waals surface area contributed by atoms with Crippen LogP contribution in [-0.4, -0.2) is 13.1 Å². The Morgan fingerprint density at radius 1 is 0.778 bits per heavy atom. The van der Waals surface area contributed by atoms with Gasteiger partial charge in [0.2, 0.25) is 0 Å². The minimum atomic E-state index is -0.416. The van der Waals surface area contributed by atoms with Crippen LogP contribution in [0.1, 0.15) is 21.5 Å². The molecule has 0 spiro atoms. The lowest BCUT2D eigenvalue weighted by molar-refractivity contribution is 0.0692. The van der Waals surface area contributed by atoms with Gasteiger partial charge in [-0.2, -0.15) is 0 Å². The zero-order valence-corrected chi connectivity index (χ0v) is 15.0. The van der Waals surface area contributed by atoms with Crippen molar-refractivity contribution in [3.8, 4) is 5.75 Å². The SMILES string of the molecule is COc1ccc(C(=O)O/C(=C/C=C/c2ccccc2)c2ccccc2)cc1. The van der Waals surface area contributed by atoms with Crippen LogP contribution in [0, 0.1) is 0 Å². The van der Waals surface area contributed by atoms with Gasteiger partial charge in [-0.05, 0) is 35.9 Å². The Labute approximate surface area is 159 Å². The van der Waals surface area contributed by atoms with E-state index in [1.807, 2.05) is 72.8 Å². The lowest BCUT2D eigenvalue weighted by Crippen LogP contribution is -2.04. The maximum absolute atomic E-state index is 12.5. The predicted octanol–water partition coefficient (Wildman–Crippen LogP) is 5.61. The molecule has 0 heterocycles. The lowest BCUT2D eigenvalue weighted by Gasteiger charge is -2.09. The van der Waals surface area contributed by atoms with Crippen molar-refractivity contribution in [1.82, 2.24) is 0 Å². The number of hydrogen-bond acceptors (Lipinski definition) is 3. The molecule has 0 saturated heterocycles.